The molecule has 2 N–H and O–H groups in total. The number of hydrogen-bond acceptors (Lipinski definition) is 3. The molecule has 110 valence electrons. The molecule has 0 saturated heterocycles. The van der Waals surface area contributed by atoms with Crippen molar-refractivity contribution in [3.05, 3.63) is 53.9 Å². The largest absolute Gasteiger partial charge is 0.481 e. The van der Waals surface area contributed by atoms with Gasteiger partial charge in [-0.25, -0.2) is 0 Å². The van der Waals surface area contributed by atoms with Crippen molar-refractivity contribution in [2.45, 2.75) is 12.6 Å². The van der Waals surface area contributed by atoms with Crippen molar-refractivity contribution in [3.63, 3.8) is 0 Å². The molecular weight excluding hydrogens is 285 g/mol. The Hall–Kier alpha value is -2.57. The van der Waals surface area contributed by atoms with E-state index in [1.807, 2.05) is 0 Å². The van der Waals surface area contributed by atoms with Crippen molar-refractivity contribution in [2.24, 2.45) is 0 Å². The van der Waals surface area contributed by atoms with E-state index in [1.165, 1.54) is 6.07 Å². The van der Waals surface area contributed by atoms with Gasteiger partial charge in [0, 0.05) is 17.6 Å². The minimum absolute atomic E-state index is 0.103. The third-order valence-electron chi connectivity index (χ3n) is 2.65. The molecule has 0 spiro atoms. The number of aliphatic carboxylic acids is 1. The number of rotatable bonds is 4. The molecule has 21 heavy (non-hydrogen) atoms. The Morgan fingerprint density at radius 2 is 1.81 bits per heavy atom. The van der Waals surface area contributed by atoms with Gasteiger partial charge < -0.3 is 10.4 Å². The smallest absolute Gasteiger partial charge is 0.433 e. The molecule has 0 saturated carbocycles. The summed E-state index contributed by atoms with van der Waals surface area (Å²) in [6.45, 7) is 0. The average Bonchev–Trinajstić information content (AvgIpc) is 2.40. The zero-order chi connectivity index (χ0) is 15.5. The molecule has 0 radical (unpaired) electrons. The molecule has 0 aliphatic carbocycles. The zero-order valence-corrected chi connectivity index (χ0v) is 10.7. The molecule has 0 fully saturated rings. The van der Waals surface area contributed by atoms with Crippen LogP contribution in [0.3, 0.4) is 0 Å². The molecule has 1 aromatic heterocycles. The van der Waals surface area contributed by atoms with E-state index in [1.54, 1.807) is 24.3 Å². The predicted octanol–water partition coefficient (Wildman–Crippen LogP) is 3.47. The van der Waals surface area contributed by atoms with Crippen molar-refractivity contribution < 1.29 is 23.1 Å². The zero-order valence-electron chi connectivity index (χ0n) is 10.7. The normalized spacial score (nSPS) is 11.2. The highest BCUT2D eigenvalue weighted by molar-refractivity contribution is 5.70. The molecule has 2 aromatic rings. The first kappa shape index (κ1) is 14.8. The number of aromatic nitrogens is 1. The first-order valence-corrected chi connectivity index (χ1v) is 5.95. The second kappa shape index (κ2) is 5.82. The Bertz CT molecular complexity index is 639. The second-order valence-corrected chi connectivity index (χ2v) is 4.32. The van der Waals surface area contributed by atoms with Crippen LogP contribution >= 0.6 is 0 Å². The van der Waals surface area contributed by atoms with Crippen LogP contribution in [0.25, 0.3) is 0 Å². The molecule has 2 rings (SSSR count). The monoisotopic (exact) mass is 296 g/mol. The average molecular weight is 296 g/mol. The third kappa shape index (κ3) is 4.20. The Labute approximate surface area is 118 Å². The molecular formula is C14H11F3N2O2. The van der Waals surface area contributed by atoms with Crippen molar-refractivity contribution in [2.75, 3.05) is 5.32 Å². The van der Waals surface area contributed by atoms with E-state index in [9.17, 15) is 18.0 Å². The van der Waals surface area contributed by atoms with E-state index >= 15 is 0 Å². The quantitative estimate of drug-likeness (QED) is 0.907. The maximum atomic E-state index is 12.5. The van der Waals surface area contributed by atoms with E-state index in [-0.39, 0.29) is 12.1 Å². The van der Waals surface area contributed by atoms with Crippen LogP contribution in [0.5, 0.6) is 0 Å². The van der Waals surface area contributed by atoms with Crippen LogP contribution in [-0.4, -0.2) is 16.1 Å². The number of carboxylic acid groups (broad SMARTS) is 1. The van der Waals surface area contributed by atoms with E-state index in [0.29, 0.717) is 11.3 Å². The van der Waals surface area contributed by atoms with Gasteiger partial charge in [-0.3, -0.25) is 9.78 Å². The summed E-state index contributed by atoms with van der Waals surface area (Å²) in [5.41, 5.74) is 0.445. The second-order valence-electron chi connectivity index (χ2n) is 4.32. The van der Waals surface area contributed by atoms with Crippen LogP contribution in [0.4, 0.5) is 24.5 Å². The fraction of sp³-hybridized carbons (Fsp3) is 0.143. The highest BCUT2D eigenvalue weighted by Crippen LogP contribution is 2.29. The van der Waals surface area contributed by atoms with Crippen molar-refractivity contribution in [3.8, 4) is 0 Å². The first-order chi connectivity index (χ1) is 9.84. The van der Waals surface area contributed by atoms with Crippen LogP contribution in [-0.2, 0) is 17.4 Å². The van der Waals surface area contributed by atoms with Crippen molar-refractivity contribution >= 4 is 17.3 Å². The van der Waals surface area contributed by atoms with Gasteiger partial charge in [0.2, 0.25) is 0 Å². The molecule has 4 nitrogen and oxygen atoms in total. The van der Waals surface area contributed by atoms with Gasteiger partial charge in [0.05, 0.1) is 6.42 Å². The number of anilines is 2. The number of alkyl halides is 3. The van der Waals surface area contributed by atoms with Gasteiger partial charge in [0.15, 0.2) is 0 Å². The summed E-state index contributed by atoms with van der Waals surface area (Å²) in [6.07, 6.45) is -3.53. The first-order valence-electron chi connectivity index (χ1n) is 5.95. The number of nitrogens with zero attached hydrogens (tertiary/aromatic N) is 1. The topological polar surface area (TPSA) is 62.2 Å². The summed E-state index contributed by atoms with van der Waals surface area (Å²) in [7, 11) is 0. The Morgan fingerprint density at radius 3 is 2.38 bits per heavy atom. The summed E-state index contributed by atoms with van der Waals surface area (Å²) in [6, 6.07) is 8.73. The van der Waals surface area contributed by atoms with Gasteiger partial charge in [0.25, 0.3) is 0 Å². The number of nitrogens with one attached hydrogen (secondary N) is 1. The maximum absolute atomic E-state index is 12.5. The highest BCUT2D eigenvalue weighted by atomic mass is 19.4. The number of benzene rings is 1. The van der Waals surface area contributed by atoms with Crippen LogP contribution in [0, 0.1) is 0 Å². The molecule has 0 aliphatic heterocycles. The fourth-order valence-corrected chi connectivity index (χ4v) is 1.71. The lowest BCUT2D eigenvalue weighted by molar-refractivity contribution is -0.141. The van der Waals surface area contributed by atoms with Gasteiger partial charge in [-0.2, -0.15) is 13.2 Å². The highest BCUT2D eigenvalue weighted by Gasteiger charge is 2.32. The van der Waals surface area contributed by atoms with Crippen LogP contribution in [0.1, 0.15) is 11.3 Å². The van der Waals surface area contributed by atoms with Gasteiger partial charge in [-0.1, -0.05) is 12.1 Å². The minimum atomic E-state index is -4.50. The minimum Gasteiger partial charge on any atom is -0.481 e. The van der Waals surface area contributed by atoms with Gasteiger partial charge in [-0.15, -0.1) is 0 Å². The number of hydrogen-bond donors (Lipinski definition) is 2. The van der Waals surface area contributed by atoms with Gasteiger partial charge in [-0.05, 0) is 29.8 Å². The number of carboxylic acids is 1. The van der Waals surface area contributed by atoms with Gasteiger partial charge >= 0.3 is 12.1 Å². The Morgan fingerprint density at radius 1 is 1.14 bits per heavy atom. The summed E-state index contributed by atoms with van der Waals surface area (Å²) in [5, 5.41) is 11.5. The van der Waals surface area contributed by atoms with E-state index in [2.05, 4.69) is 10.3 Å². The van der Waals surface area contributed by atoms with Gasteiger partial charge in [0.1, 0.15) is 5.69 Å². The molecule has 0 amide bonds. The molecule has 0 atom stereocenters. The Kier molecular flexibility index (Phi) is 4.11. The molecule has 0 bridgehead atoms. The maximum Gasteiger partial charge on any atom is 0.433 e. The summed E-state index contributed by atoms with van der Waals surface area (Å²) in [4.78, 5) is 13.8. The molecule has 1 heterocycles. The molecule has 1 aromatic carbocycles. The van der Waals surface area contributed by atoms with Crippen molar-refractivity contribution in [1.82, 2.24) is 4.98 Å². The lowest BCUT2D eigenvalue weighted by atomic mass is 10.1. The summed E-state index contributed by atoms with van der Waals surface area (Å²) >= 11 is 0. The SMILES string of the molecule is O=C(O)Cc1ccc(Nc2ccnc(C(F)(F)F)c2)cc1. The lowest BCUT2D eigenvalue weighted by Crippen LogP contribution is -2.08. The summed E-state index contributed by atoms with van der Waals surface area (Å²) in [5.74, 6) is -0.945. The van der Waals surface area contributed by atoms with Crippen LogP contribution < -0.4 is 5.32 Å². The third-order valence-corrected chi connectivity index (χ3v) is 2.65. The standard InChI is InChI=1S/C14H11F3N2O2/c15-14(16,17)12-8-11(5-6-18-12)19-10-3-1-9(2-4-10)7-13(20)21/h1-6,8H,7H2,(H,18,19)(H,20,21). The molecule has 0 aliphatic rings. The molecule has 7 heteroatoms. The van der Waals surface area contributed by atoms with Crippen LogP contribution in [0.15, 0.2) is 42.6 Å². The number of carbonyl (C=O) groups is 1. The molecule has 0 unspecified atom stereocenters. The summed E-state index contributed by atoms with van der Waals surface area (Å²) < 4.78 is 37.6. The van der Waals surface area contributed by atoms with E-state index in [4.69, 9.17) is 5.11 Å². The fourth-order valence-electron chi connectivity index (χ4n) is 1.71. The number of halogens is 3. The van der Waals surface area contributed by atoms with Crippen LogP contribution in [0.2, 0.25) is 0 Å². The predicted molar refractivity (Wildman–Crippen MR) is 70.3 cm³/mol. The van der Waals surface area contributed by atoms with E-state index < -0.39 is 17.8 Å². The van der Waals surface area contributed by atoms with E-state index in [0.717, 1.165) is 12.3 Å². The van der Waals surface area contributed by atoms with Crippen molar-refractivity contribution in [1.29, 1.82) is 0 Å². The lowest BCUT2D eigenvalue weighted by Gasteiger charge is -2.10. The number of pyridine rings is 1. The Balaban J connectivity index is 2.13.